The molecule has 0 saturated heterocycles. The van der Waals surface area contributed by atoms with Gasteiger partial charge in [0, 0.05) is 21.0 Å². The van der Waals surface area contributed by atoms with Gasteiger partial charge in [0.2, 0.25) is 5.76 Å². The Morgan fingerprint density at radius 3 is 2.56 bits per heavy atom. The van der Waals surface area contributed by atoms with Crippen molar-refractivity contribution in [3.8, 4) is 0 Å². The lowest BCUT2D eigenvalue weighted by Gasteiger charge is -2.20. The number of rotatable bonds is 3. The summed E-state index contributed by atoms with van der Waals surface area (Å²) in [5.74, 6) is -1.47. The van der Waals surface area contributed by atoms with E-state index in [9.17, 15) is 14.4 Å². The second-order valence-corrected chi connectivity index (χ2v) is 7.44. The van der Waals surface area contributed by atoms with Crippen LogP contribution in [0.25, 0.3) is 11.0 Å². The molecule has 0 bridgehead atoms. The van der Waals surface area contributed by atoms with Crippen LogP contribution in [-0.4, -0.2) is 30.1 Å². The van der Waals surface area contributed by atoms with Gasteiger partial charge in [-0.3, -0.25) is 10.1 Å². The van der Waals surface area contributed by atoms with E-state index in [2.05, 4.69) is 26.6 Å². The predicted molar refractivity (Wildman–Crippen MR) is 95.4 cm³/mol. The van der Waals surface area contributed by atoms with E-state index in [4.69, 9.17) is 9.15 Å². The number of furan rings is 1. The molecule has 25 heavy (non-hydrogen) atoms. The third-order valence-electron chi connectivity index (χ3n) is 3.16. The molecule has 0 atom stereocenters. The molecular formula is C17H19BrN2O5. The fourth-order valence-corrected chi connectivity index (χ4v) is 2.48. The molecule has 0 spiro atoms. The van der Waals surface area contributed by atoms with Crippen molar-refractivity contribution in [1.29, 1.82) is 0 Å². The van der Waals surface area contributed by atoms with Crippen LogP contribution in [0.4, 0.5) is 4.79 Å². The van der Waals surface area contributed by atoms with E-state index in [1.807, 2.05) is 6.07 Å². The summed E-state index contributed by atoms with van der Waals surface area (Å²) in [5.41, 5.74) is 0.676. The number of benzene rings is 1. The summed E-state index contributed by atoms with van der Waals surface area (Å²) in [4.78, 5) is 35.4. The number of hydrogen-bond acceptors (Lipinski definition) is 5. The Kier molecular flexibility index (Phi) is 5.52. The normalized spacial score (nSPS) is 11.2. The first-order valence-corrected chi connectivity index (χ1v) is 8.34. The Labute approximate surface area is 153 Å². The third-order valence-corrected chi connectivity index (χ3v) is 3.65. The Morgan fingerprint density at radius 1 is 1.24 bits per heavy atom. The summed E-state index contributed by atoms with van der Waals surface area (Å²) in [6.07, 6.45) is 0. The van der Waals surface area contributed by atoms with Gasteiger partial charge in [-0.25, -0.2) is 9.59 Å². The predicted octanol–water partition coefficient (Wildman–Crippen LogP) is 3.28. The Hall–Kier alpha value is -2.35. The van der Waals surface area contributed by atoms with Gasteiger partial charge in [-0.2, -0.15) is 0 Å². The zero-order chi connectivity index (χ0) is 18.8. The standard InChI is InChI=1S/C17H19BrN2O5/c1-9-11-7-10(18)5-6-12(11)25-14(9)15(22)24-8-13(21)19-16(23)20-17(2,3)4/h5-7H,8H2,1-4H3,(H2,19,20,21,23). The number of amides is 3. The van der Waals surface area contributed by atoms with Crippen LogP contribution >= 0.6 is 15.9 Å². The number of imide groups is 1. The van der Waals surface area contributed by atoms with Gasteiger partial charge in [0.25, 0.3) is 5.91 Å². The lowest BCUT2D eigenvalue weighted by molar-refractivity contribution is -0.123. The van der Waals surface area contributed by atoms with Crippen molar-refractivity contribution in [2.75, 3.05) is 6.61 Å². The Bertz CT molecular complexity index is 835. The molecule has 0 aliphatic rings. The number of nitrogens with one attached hydrogen (secondary N) is 2. The number of carbonyl (C=O) groups is 3. The van der Waals surface area contributed by atoms with Crippen LogP contribution in [0.5, 0.6) is 0 Å². The maximum Gasteiger partial charge on any atom is 0.375 e. The fraction of sp³-hybridized carbons (Fsp3) is 0.353. The van der Waals surface area contributed by atoms with Crippen LogP contribution in [0.2, 0.25) is 0 Å². The topological polar surface area (TPSA) is 97.6 Å². The van der Waals surface area contributed by atoms with Crippen molar-refractivity contribution in [2.24, 2.45) is 0 Å². The van der Waals surface area contributed by atoms with Gasteiger partial charge in [0.15, 0.2) is 6.61 Å². The number of halogens is 1. The molecule has 0 unspecified atom stereocenters. The highest BCUT2D eigenvalue weighted by Crippen LogP contribution is 2.28. The number of fused-ring (bicyclic) bond motifs is 1. The Morgan fingerprint density at radius 2 is 1.92 bits per heavy atom. The highest BCUT2D eigenvalue weighted by Gasteiger charge is 2.21. The van der Waals surface area contributed by atoms with Crippen LogP contribution in [0.15, 0.2) is 27.1 Å². The molecule has 2 rings (SSSR count). The summed E-state index contributed by atoms with van der Waals surface area (Å²) in [5, 5.41) is 5.43. The van der Waals surface area contributed by atoms with Gasteiger partial charge in [-0.15, -0.1) is 0 Å². The van der Waals surface area contributed by atoms with Gasteiger partial charge in [0.05, 0.1) is 0 Å². The first kappa shape index (κ1) is 19.0. The summed E-state index contributed by atoms with van der Waals surface area (Å²) in [7, 11) is 0. The zero-order valence-corrected chi connectivity index (χ0v) is 15.9. The maximum absolute atomic E-state index is 12.1. The molecule has 7 nitrogen and oxygen atoms in total. The fourth-order valence-electron chi connectivity index (χ4n) is 2.12. The van der Waals surface area contributed by atoms with Crippen LogP contribution in [0, 0.1) is 6.92 Å². The maximum atomic E-state index is 12.1. The second kappa shape index (κ2) is 7.26. The number of carbonyl (C=O) groups excluding carboxylic acids is 3. The van der Waals surface area contributed by atoms with Crippen molar-refractivity contribution in [2.45, 2.75) is 33.2 Å². The van der Waals surface area contributed by atoms with E-state index in [-0.39, 0.29) is 5.76 Å². The van der Waals surface area contributed by atoms with Gasteiger partial charge < -0.3 is 14.5 Å². The van der Waals surface area contributed by atoms with Gasteiger partial charge in [-0.1, -0.05) is 15.9 Å². The number of ether oxygens (including phenoxy) is 1. The lowest BCUT2D eigenvalue weighted by atomic mass is 10.1. The van der Waals surface area contributed by atoms with E-state index >= 15 is 0 Å². The average molecular weight is 411 g/mol. The molecule has 0 aliphatic heterocycles. The van der Waals surface area contributed by atoms with Gasteiger partial charge in [0.1, 0.15) is 5.58 Å². The molecule has 8 heteroatoms. The molecule has 0 fully saturated rings. The number of hydrogen-bond donors (Lipinski definition) is 2. The minimum absolute atomic E-state index is 0.0278. The van der Waals surface area contributed by atoms with Gasteiger partial charge in [-0.05, 0) is 45.9 Å². The SMILES string of the molecule is Cc1c(C(=O)OCC(=O)NC(=O)NC(C)(C)C)oc2ccc(Br)cc12. The average Bonchev–Trinajstić information content (AvgIpc) is 2.80. The molecule has 1 aromatic heterocycles. The summed E-state index contributed by atoms with van der Waals surface area (Å²) < 4.78 is 11.3. The zero-order valence-electron chi connectivity index (χ0n) is 14.4. The molecule has 1 heterocycles. The largest absolute Gasteiger partial charge is 0.450 e. The first-order valence-electron chi connectivity index (χ1n) is 7.54. The molecule has 0 aliphatic carbocycles. The van der Waals surface area contributed by atoms with Crippen molar-refractivity contribution in [3.63, 3.8) is 0 Å². The molecule has 0 saturated carbocycles. The number of urea groups is 1. The number of esters is 1. The summed E-state index contributed by atoms with van der Waals surface area (Å²) in [6.45, 7) is 6.47. The van der Waals surface area contributed by atoms with Crippen molar-refractivity contribution in [1.82, 2.24) is 10.6 Å². The molecule has 3 amide bonds. The third kappa shape index (κ3) is 5.06. The highest BCUT2D eigenvalue weighted by molar-refractivity contribution is 9.10. The summed E-state index contributed by atoms with van der Waals surface area (Å²) >= 11 is 3.36. The highest BCUT2D eigenvalue weighted by atomic mass is 79.9. The lowest BCUT2D eigenvalue weighted by Crippen LogP contribution is -2.49. The van der Waals surface area contributed by atoms with E-state index in [1.165, 1.54) is 0 Å². The van der Waals surface area contributed by atoms with Crippen molar-refractivity contribution in [3.05, 3.63) is 34.0 Å². The molecule has 2 aromatic rings. The smallest absolute Gasteiger partial charge is 0.375 e. The minimum atomic E-state index is -0.767. The molecule has 1 aromatic carbocycles. The summed E-state index contributed by atoms with van der Waals surface area (Å²) in [6, 6.07) is 4.70. The molecule has 0 radical (unpaired) electrons. The van der Waals surface area contributed by atoms with Gasteiger partial charge >= 0.3 is 12.0 Å². The van der Waals surface area contributed by atoms with Crippen LogP contribution in [-0.2, 0) is 9.53 Å². The second-order valence-electron chi connectivity index (χ2n) is 6.53. The number of aryl methyl sites for hydroxylation is 1. The minimum Gasteiger partial charge on any atom is -0.450 e. The molecule has 134 valence electrons. The van der Waals surface area contributed by atoms with Crippen molar-refractivity contribution < 1.29 is 23.5 Å². The van der Waals surface area contributed by atoms with E-state index in [0.29, 0.717) is 11.1 Å². The first-order chi connectivity index (χ1) is 11.6. The van der Waals surface area contributed by atoms with E-state index in [0.717, 1.165) is 9.86 Å². The van der Waals surface area contributed by atoms with Crippen LogP contribution < -0.4 is 10.6 Å². The van der Waals surface area contributed by atoms with Crippen LogP contribution in [0.1, 0.15) is 36.9 Å². The van der Waals surface area contributed by atoms with Crippen LogP contribution in [0.3, 0.4) is 0 Å². The Balaban J connectivity index is 1.97. The monoisotopic (exact) mass is 410 g/mol. The quantitative estimate of drug-likeness (QED) is 0.756. The van der Waals surface area contributed by atoms with E-state index < -0.39 is 30.1 Å². The van der Waals surface area contributed by atoms with Crippen molar-refractivity contribution >= 4 is 44.8 Å². The molecular weight excluding hydrogens is 392 g/mol. The molecule has 2 N–H and O–H groups in total. The van der Waals surface area contributed by atoms with E-state index in [1.54, 1.807) is 39.8 Å².